The van der Waals surface area contributed by atoms with Crippen LogP contribution in [0.4, 0.5) is 5.69 Å². The molecule has 6 nitrogen and oxygen atoms in total. The molecule has 0 aromatic carbocycles. The van der Waals surface area contributed by atoms with E-state index in [0.717, 1.165) is 30.9 Å². The lowest BCUT2D eigenvalue weighted by Gasteiger charge is -2.11. The molecule has 6 heteroatoms. The molecule has 0 unspecified atom stereocenters. The third-order valence-electron chi connectivity index (χ3n) is 3.09. The highest BCUT2D eigenvalue weighted by Crippen LogP contribution is 2.15. The van der Waals surface area contributed by atoms with Crippen molar-refractivity contribution in [1.29, 1.82) is 0 Å². The fraction of sp³-hybridized carbons (Fsp3) is 0.400. The van der Waals surface area contributed by atoms with Crippen molar-refractivity contribution in [3.63, 3.8) is 0 Å². The zero-order valence-corrected chi connectivity index (χ0v) is 12.5. The Morgan fingerprint density at radius 2 is 2.29 bits per heavy atom. The van der Waals surface area contributed by atoms with Gasteiger partial charge in [0, 0.05) is 43.9 Å². The summed E-state index contributed by atoms with van der Waals surface area (Å²) in [6.07, 6.45) is 7.92. The lowest BCUT2D eigenvalue weighted by Crippen LogP contribution is -2.26. The summed E-state index contributed by atoms with van der Waals surface area (Å²) >= 11 is 0. The minimum atomic E-state index is -0.0934. The van der Waals surface area contributed by atoms with E-state index in [-0.39, 0.29) is 5.91 Å². The van der Waals surface area contributed by atoms with Crippen molar-refractivity contribution in [2.24, 2.45) is 0 Å². The van der Waals surface area contributed by atoms with Gasteiger partial charge in [-0.25, -0.2) is 4.98 Å². The summed E-state index contributed by atoms with van der Waals surface area (Å²) in [5, 5.41) is 6.12. The molecule has 0 radical (unpaired) electrons. The average Bonchev–Trinajstić information content (AvgIpc) is 2.97. The van der Waals surface area contributed by atoms with Gasteiger partial charge >= 0.3 is 0 Å². The summed E-state index contributed by atoms with van der Waals surface area (Å²) in [6, 6.07) is 1.89. The fourth-order valence-electron chi connectivity index (χ4n) is 2.06. The van der Waals surface area contributed by atoms with E-state index in [4.69, 9.17) is 0 Å². The number of nitrogens with one attached hydrogen (secondary N) is 2. The second-order valence-electron chi connectivity index (χ2n) is 4.81. The molecule has 0 atom stereocenters. The van der Waals surface area contributed by atoms with Gasteiger partial charge in [0.15, 0.2) is 0 Å². The second-order valence-corrected chi connectivity index (χ2v) is 4.81. The highest BCUT2D eigenvalue weighted by Gasteiger charge is 2.11. The molecular weight excluding hydrogens is 266 g/mol. The molecule has 0 bridgehead atoms. The van der Waals surface area contributed by atoms with Crippen LogP contribution in [-0.2, 0) is 6.54 Å². The van der Waals surface area contributed by atoms with Crippen molar-refractivity contribution < 1.29 is 4.79 Å². The lowest BCUT2D eigenvalue weighted by molar-refractivity contribution is 0.0953. The van der Waals surface area contributed by atoms with Crippen molar-refractivity contribution in [1.82, 2.24) is 19.9 Å². The quantitative estimate of drug-likeness (QED) is 0.762. The maximum atomic E-state index is 12.2. The molecule has 0 spiro atoms. The molecule has 0 aliphatic carbocycles. The Labute approximate surface area is 124 Å². The van der Waals surface area contributed by atoms with Crippen LogP contribution < -0.4 is 10.6 Å². The maximum Gasteiger partial charge on any atom is 0.254 e. The average molecular weight is 287 g/mol. The van der Waals surface area contributed by atoms with E-state index in [2.05, 4.69) is 20.6 Å². The molecule has 0 aliphatic heterocycles. The maximum absolute atomic E-state index is 12.2. The SMILES string of the molecule is CCNc1cc(C)ncc1C(=O)NCCCn1ccnc1. The van der Waals surface area contributed by atoms with Crippen molar-refractivity contribution in [2.45, 2.75) is 26.8 Å². The predicted octanol–water partition coefficient (Wildman–Crippen LogP) is 1.84. The van der Waals surface area contributed by atoms with Gasteiger partial charge in [-0.2, -0.15) is 0 Å². The second kappa shape index (κ2) is 7.42. The number of pyridine rings is 1. The van der Waals surface area contributed by atoms with Gasteiger partial charge in [0.1, 0.15) is 0 Å². The van der Waals surface area contributed by atoms with Gasteiger partial charge in [0.2, 0.25) is 0 Å². The molecule has 1 amide bonds. The molecule has 0 saturated heterocycles. The van der Waals surface area contributed by atoms with E-state index in [1.165, 1.54) is 0 Å². The Morgan fingerprint density at radius 3 is 3.00 bits per heavy atom. The van der Waals surface area contributed by atoms with Gasteiger partial charge in [0.05, 0.1) is 17.6 Å². The molecule has 2 aromatic rings. The topological polar surface area (TPSA) is 71.8 Å². The Kier molecular flexibility index (Phi) is 5.31. The number of rotatable bonds is 7. The van der Waals surface area contributed by atoms with Crippen LogP contribution in [0.25, 0.3) is 0 Å². The van der Waals surface area contributed by atoms with Crippen molar-refractivity contribution in [3.8, 4) is 0 Å². The zero-order chi connectivity index (χ0) is 15.1. The number of hydrogen-bond donors (Lipinski definition) is 2. The van der Waals surface area contributed by atoms with E-state index in [0.29, 0.717) is 12.1 Å². The summed E-state index contributed by atoms with van der Waals surface area (Å²) in [6.45, 7) is 6.14. The van der Waals surface area contributed by atoms with Gasteiger partial charge in [-0.3, -0.25) is 9.78 Å². The van der Waals surface area contributed by atoms with Gasteiger partial charge < -0.3 is 15.2 Å². The van der Waals surface area contributed by atoms with E-state index < -0.39 is 0 Å². The lowest BCUT2D eigenvalue weighted by atomic mass is 10.2. The van der Waals surface area contributed by atoms with E-state index in [1.54, 1.807) is 18.7 Å². The number of nitrogens with zero attached hydrogens (tertiary/aromatic N) is 3. The van der Waals surface area contributed by atoms with Crippen LogP contribution in [0.2, 0.25) is 0 Å². The third kappa shape index (κ3) is 4.30. The first kappa shape index (κ1) is 15.0. The molecule has 2 aromatic heterocycles. The van der Waals surface area contributed by atoms with Crippen LogP contribution in [-0.4, -0.2) is 33.5 Å². The molecule has 0 fully saturated rings. The number of imidazole rings is 1. The summed E-state index contributed by atoms with van der Waals surface area (Å²) in [5.41, 5.74) is 2.31. The van der Waals surface area contributed by atoms with E-state index in [9.17, 15) is 4.79 Å². The van der Waals surface area contributed by atoms with Crippen molar-refractivity contribution >= 4 is 11.6 Å². The normalized spacial score (nSPS) is 10.4. The zero-order valence-electron chi connectivity index (χ0n) is 12.5. The molecule has 2 rings (SSSR count). The largest absolute Gasteiger partial charge is 0.385 e. The first-order valence-corrected chi connectivity index (χ1v) is 7.15. The molecule has 0 aliphatic rings. The number of carbonyl (C=O) groups excluding carboxylic acids is 1. The first-order valence-electron chi connectivity index (χ1n) is 7.15. The number of aryl methyl sites for hydroxylation is 2. The molecular formula is C15H21N5O. The Hall–Kier alpha value is -2.37. The van der Waals surface area contributed by atoms with Crippen LogP contribution >= 0.6 is 0 Å². The van der Waals surface area contributed by atoms with Crippen molar-refractivity contribution in [3.05, 3.63) is 42.2 Å². The van der Waals surface area contributed by atoms with Crippen LogP contribution in [0.15, 0.2) is 31.0 Å². The summed E-state index contributed by atoms with van der Waals surface area (Å²) in [7, 11) is 0. The number of carbonyl (C=O) groups is 1. The summed E-state index contributed by atoms with van der Waals surface area (Å²) in [5.74, 6) is -0.0934. The Morgan fingerprint density at radius 1 is 1.43 bits per heavy atom. The molecule has 112 valence electrons. The highest BCUT2D eigenvalue weighted by atomic mass is 16.1. The van der Waals surface area contributed by atoms with Gasteiger partial charge in [-0.05, 0) is 26.3 Å². The van der Waals surface area contributed by atoms with Crippen molar-refractivity contribution in [2.75, 3.05) is 18.4 Å². The first-order chi connectivity index (χ1) is 10.2. The number of anilines is 1. The Balaban J connectivity index is 1.87. The molecule has 2 N–H and O–H groups in total. The van der Waals surface area contributed by atoms with Crippen LogP contribution in [0.5, 0.6) is 0 Å². The Bertz CT molecular complexity index is 580. The van der Waals surface area contributed by atoms with Crippen LogP contribution in [0, 0.1) is 6.92 Å². The van der Waals surface area contributed by atoms with Gasteiger partial charge in [0.25, 0.3) is 5.91 Å². The minimum absolute atomic E-state index is 0.0934. The molecule has 21 heavy (non-hydrogen) atoms. The van der Waals surface area contributed by atoms with Crippen LogP contribution in [0.1, 0.15) is 29.4 Å². The molecule has 0 saturated carbocycles. The standard InChI is InChI=1S/C15H21N5O/c1-3-17-14-9-12(2)19-10-13(14)15(21)18-5-4-7-20-8-6-16-11-20/h6,8-11H,3-5,7H2,1-2H3,(H,17,19)(H,18,21). The van der Waals surface area contributed by atoms with E-state index in [1.807, 2.05) is 30.7 Å². The van der Waals surface area contributed by atoms with Gasteiger partial charge in [-0.15, -0.1) is 0 Å². The number of aromatic nitrogens is 3. The third-order valence-corrected chi connectivity index (χ3v) is 3.09. The smallest absolute Gasteiger partial charge is 0.254 e. The number of amides is 1. The monoisotopic (exact) mass is 287 g/mol. The van der Waals surface area contributed by atoms with E-state index >= 15 is 0 Å². The summed E-state index contributed by atoms with van der Waals surface area (Å²) < 4.78 is 1.99. The fourth-order valence-corrected chi connectivity index (χ4v) is 2.06. The van der Waals surface area contributed by atoms with Crippen LogP contribution in [0.3, 0.4) is 0 Å². The predicted molar refractivity (Wildman–Crippen MR) is 82.3 cm³/mol. The van der Waals surface area contributed by atoms with Gasteiger partial charge in [-0.1, -0.05) is 0 Å². The number of hydrogen-bond acceptors (Lipinski definition) is 4. The summed E-state index contributed by atoms with van der Waals surface area (Å²) in [4.78, 5) is 20.4. The molecule has 2 heterocycles. The minimum Gasteiger partial charge on any atom is -0.385 e. The highest BCUT2D eigenvalue weighted by molar-refractivity contribution is 5.99.